The fraction of sp³-hybridized carbons (Fsp3) is 0.167. The van der Waals surface area contributed by atoms with Crippen LogP contribution in [0.3, 0.4) is 0 Å². The molecule has 0 saturated heterocycles. The zero-order chi connectivity index (χ0) is 27.8. The number of carbonyl (C=O) groups is 1. The van der Waals surface area contributed by atoms with Gasteiger partial charge in [0.15, 0.2) is 16.3 Å². The summed E-state index contributed by atoms with van der Waals surface area (Å²) in [5, 5.41) is 0.427. The van der Waals surface area contributed by atoms with Gasteiger partial charge in [0.25, 0.3) is 5.56 Å². The topological polar surface area (TPSA) is 79.1 Å². The fourth-order valence-electron chi connectivity index (χ4n) is 4.73. The van der Waals surface area contributed by atoms with E-state index in [2.05, 4.69) is 0 Å². The normalized spacial score (nSPS) is 16.1. The van der Waals surface area contributed by atoms with Crippen LogP contribution in [0.1, 0.15) is 29.7 Å². The van der Waals surface area contributed by atoms with Crippen molar-refractivity contribution < 1.29 is 19.0 Å². The van der Waals surface area contributed by atoms with Crippen molar-refractivity contribution in [2.24, 2.45) is 4.99 Å². The lowest BCUT2D eigenvalue weighted by molar-refractivity contribution is -0.138. The zero-order valence-corrected chi connectivity index (χ0v) is 23.9. The Balaban J connectivity index is 1.62. The molecule has 10 heteroatoms. The molecular formula is C30H23ClN2O5S2. The number of rotatable bonds is 6. The van der Waals surface area contributed by atoms with Gasteiger partial charge in [-0.2, -0.15) is 0 Å². The van der Waals surface area contributed by atoms with E-state index in [-0.39, 0.29) is 19.0 Å². The molecule has 0 bridgehead atoms. The Morgan fingerprint density at radius 3 is 2.58 bits per heavy atom. The van der Waals surface area contributed by atoms with Gasteiger partial charge >= 0.3 is 5.97 Å². The number of benzene rings is 3. The quantitative estimate of drug-likeness (QED) is 0.231. The summed E-state index contributed by atoms with van der Waals surface area (Å²) in [5.41, 5.74) is 2.65. The van der Waals surface area contributed by atoms with Crippen molar-refractivity contribution in [2.45, 2.75) is 17.9 Å². The highest BCUT2D eigenvalue weighted by Gasteiger charge is 2.35. The molecule has 3 heterocycles. The third-order valence-corrected chi connectivity index (χ3v) is 8.64. The van der Waals surface area contributed by atoms with E-state index in [1.165, 1.54) is 11.3 Å². The molecule has 3 aromatic carbocycles. The van der Waals surface area contributed by atoms with E-state index in [1.54, 1.807) is 41.5 Å². The molecule has 1 aromatic heterocycles. The minimum atomic E-state index is -0.740. The van der Waals surface area contributed by atoms with E-state index < -0.39 is 12.0 Å². The number of hydrogen-bond donors (Lipinski definition) is 0. The highest BCUT2D eigenvalue weighted by Crippen LogP contribution is 2.38. The number of aromatic nitrogens is 1. The van der Waals surface area contributed by atoms with Gasteiger partial charge in [0, 0.05) is 16.5 Å². The van der Waals surface area contributed by atoms with Gasteiger partial charge in [-0.25, -0.2) is 9.79 Å². The van der Waals surface area contributed by atoms with Crippen LogP contribution in [0, 0.1) is 0 Å². The number of ether oxygens (including phenoxy) is 3. The first-order chi connectivity index (χ1) is 19.5. The highest BCUT2D eigenvalue weighted by atomic mass is 35.5. The molecular weight excluding hydrogens is 568 g/mol. The number of thiazole rings is 1. The predicted octanol–water partition coefficient (Wildman–Crippen LogP) is 5.04. The van der Waals surface area contributed by atoms with Crippen LogP contribution < -0.4 is 24.4 Å². The number of halogens is 1. The first kappa shape index (κ1) is 26.4. The van der Waals surface area contributed by atoms with Gasteiger partial charge in [-0.05, 0) is 48.6 Å². The molecule has 0 radical (unpaired) electrons. The van der Waals surface area contributed by atoms with Gasteiger partial charge in [0.05, 0.1) is 33.5 Å². The molecule has 0 saturated carbocycles. The maximum Gasteiger partial charge on any atom is 0.338 e. The summed E-state index contributed by atoms with van der Waals surface area (Å²) in [5.74, 6) is 0.604. The lowest BCUT2D eigenvalue weighted by Crippen LogP contribution is -2.40. The molecule has 202 valence electrons. The first-order valence-corrected chi connectivity index (χ1v) is 14.9. The van der Waals surface area contributed by atoms with E-state index in [9.17, 15) is 9.59 Å². The largest absolute Gasteiger partial charge is 0.463 e. The summed E-state index contributed by atoms with van der Waals surface area (Å²) in [4.78, 5) is 34.0. The second-order valence-corrected chi connectivity index (χ2v) is 11.2. The molecule has 0 amide bonds. The molecule has 40 heavy (non-hydrogen) atoms. The van der Waals surface area contributed by atoms with Crippen molar-refractivity contribution in [3.05, 3.63) is 114 Å². The van der Waals surface area contributed by atoms with Crippen molar-refractivity contribution in [2.75, 3.05) is 19.7 Å². The Bertz CT molecular complexity index is 1830. The molecule has 2 aliphatic heterocycles. The molecule has 0 unspecified atom stereocenters. The number of thioether (sulfide) groups is 1. The number of esters is 1. The molecule has 0 N–H and O–H groups in total. The minimum Gasteiger partial charge on any atom is -0.463 e. The fourth-order valence-corrected chi connectivity index (χ4v) is 6.34. The average Bonchev–Trinajstić information content (AvgIpc) is 3.56. The Morgan fingerprint density at radius 1 is 1.15 bits per heavy atom. The number of hydrogen-bond acceptors (Lipinski definition) is 8. The van der Waals surface area contributed by atoms with Gasteiger partial charge < -0.3 is 14.2 Å². The number of nitrogens with zero attached hydrogens (tertiary/aromatic N) is 2. The van der Waals surface area contributed by atoms with Crippen molar-refractivity contribution in [1.82, 2.24) is 4.57 Å². The van der Waals surface area contributed by atoms with Crippen LogP contribution >= 0.6 is 34.7 Å². The summed E-state index contributed by atoms with van der Waals surface area (Å²) in [6.45, 7) is 2.06. The monoisotopic (exact) mass is 590 g/mol. The van der Waals surface area contributed by atoms with Crippen molar-refractivity contribution in [3.63, 3.8) is 0 Å². The average molecular weight is 591 g/mol. The lowest BCUT2D eigenvalue weighted by atomic mass is 9.93. The summed E-state index contributed by atoms with van der Waals surface area (Å²) >= 11 is 9.38. The summed E-state index contributed by atoms with van der Waals surface area (Å²) in [6, 6.07) is 20.0. The third kappa shape index (κ3) is 4.74. The van der Waals surface area contributed by atoms with Gasteiger partial charge in [0.1, 0.15) is 0 Å². The minimum absolute atomic E-state index is 0.117. The molecule has 6 rings (SSSR count). The van der Waals surface area contributed by atoms with E-state index in [1.807, 2.05) is 60.9 Å². The number of fused-ring (bicyclic) bond motifs is 2. The van der Waals surface area contributed by atoms with E-state index >= 15 is 0 Å². The van der Waals surface area contributed by atoms with E-state index in [0.29, 0.717) is 42.7 Å². The van der Waals surface area contributed by atoms with Crippen LogP contribution in [-0.4, -0.2) is 30.2 Å². The molecule has 0 fully saturated rings. The summed E-state index contributed by atoms with van der Waals surface area (Å²) in [7, 11) is 0. The molecule has 0 aliphatic carbocycles. The first-order valence-electron chi connectivity index (χ1n) is 12.5. The third-order valence-electron chi connectivity index (χ3n) is 6.58. The number of carbonyl (C=O) groups excluding carboxylic acids is 1. The maximum absolute atomic E-state index is 14.0. The summed E-state index contributed by atoms with van der Waals surface area (Å²) < 4.78 is 18.4. The van der Waals surface area contributed by atoms with E-state index in [4.69, 9.17) is 30.8 Å². The molecule has 0 spiro atoms. The van der Waals surface area contributed by atoms with Crippen LogP contribution in [0.4, 0.5) is 0 Å². The second-order valence-electron chi connectivity index (χ2n) is 8.93. The van der Waals surface area contributed by atoms with Gasteiger partial charge in [-0.3, -0.25) is 9.36 Å². The Kier molecular flexibility index (Phi) is 7.27. The SMILES string of the molecule is CCOC(=O)C1=C(c2ccccc2)N=c2s/c(=C/c3cc4c(cc3Cl)OCO4)c(=O)n2[C@H]1c1ccc(SC)cc1. The molecule has 4 aromatic rings. The lowest BCUT2D eigenvalue weighted by Gasteiger charge is -2.26. The maximum atomic E-state index is 14.0. The van der Waals surface area contributed by atoms with Crippen LogP contribution in [0.15, 0.2) is 87.0 Å². The second kappa shape index (κ2) is 11.0. The Morgan fingerprint density at radius 2 is 1.88 bits per heavy atom. The van der Waals surface area contributed by atoms with E-state index in [0.717, 1.165) is 16.0 Å². The smallest absolute Gasteiger partial charge is 0.338 e. The Hall–Kier alpha value is -3.79. The predicted molar refractivity (Wildman–Crippen MR) is 157 cm³/mol. The molecule has 1 atom stereocenters. The van der Waals surface area contributed by atoms with Crippen LogP contribution in [-0.2, 0) is 9.53 Å². The van der Waals surface area contributed by atoms with Crippen molar-refractivity contribution >= 4 is 52.4 Å². The van der Waals surface area contributed by atoms with Crippen LogP contribution in [0.2, 0.25) is 5.02 Å². The zero-order valence-electron chi connectivity index (χ0n) is 21.5. The molecule has 2 aliphatic rings. The van der Waals surface area contributed by atoms with Gasteiger partial charge in [0.2, 0.25) is 6.79 Å². The molecule has 7 nitrogen and oxygen atoms in total. The van der Waals surface area contributed by atoms with Gasteiger partial charge in [-0.1, -0.05) is 65.4 Å². The van der Waals surface area contributed by atoms with Crippen LogP contribution in [0.25, 0.3) is 11.8 Å². The summed E-state index contributed by atoms with van der Waals surface area (Å²) in [6.07, 6.45) is 3.72. The van der Waals surface area contributed by atoms with Gasteiger partial charge in [-0.15, -0.1) is 11.8 Å². The standard InChI is InChI=1S/C30H23ClN2O5S2/c1-3-36-29(35)25-26(17-7-5-4-6-8-17)32-30-33(27(25)18-9-11-20(39-2)12-10-18)28(34)24(40-30)14-19-13-22-23(15-21(19)31)38-16-37-22/h4-15,27H,3,16H2,1-2H3/b24-14+/t27-/m0/s1. The van der Waals surface area contributed by atoms with Crippen molar-refractivity contribution in [3.8, 4) is 11.5 Å². The highest BCUT2D eigenvalue weighted by molar-refractivity contribution is 7.98. The van der Waals surface area contributed by atoms with Crippen molar-refractivity contribution in [1.29, 1.82) is 0 Å². The van der Waals surface area contributed by atoms with Crippen LogP contribution in [0.5, 0.6) is 11.5 Å². The Labute approximate surface area is 243 Å².